The van der Waals surface area contributed by atoms with E-state index in [1.165, 1.54) is 37.8 Å². The van der Waals surface area contributed by atoms with Crippen LogP contribution >= 0.6 is 0 Å². The van der Waals surface area contributed by atoms with Crippen molar-refractivity contribution in [2.75, 3.05) is 10.0 Å². The van der Waals surface area contributed by atoms with Crippen molar-refractivity contribution in [2.24, 2.45) is 0 Å². The molecule has 2 aromatic carbocycles. The van der Waals surface area contributed by atoms with Gasteiger partial charge in [-0.15, -0.1) is 0 Å². The number of benzene rings is 2. The summed E-state index contributed by atoms with van der Waals surface area (Å²) in [5.41, 5.74) is 1.43. The predicted molar refractivity (Wildman–Crippen MR) is 133 cm³/mol. The summed E-state index contributed by atoms with van der Waals surface area (Å²) < 4.78 is 28.2. The van der Waals surface area contributed by atoms with Crippen molar-refractivity contribution in [3.63, 3.8) is 0 Å². The SMILES string of the molecule is CCC(=O)Nc1ccc(S(=O)(=O)Nc2ccc(C3(C(=O)NC4CCCCCC4)CC3)cc2)cc1. The molecule has 2 aromatic rings. The Hall–Kier alpha value is -2.87. The molecule has 0 radical (unpaired) electrons. The Kier molecular flexibility index (Phi) is 7.26. The number of amides is 2. The highest BCUT2D eigenvalue weighted by Crippen LogP contribution is 2.48. The molecular formula is C26H33N3O4S. The lowest BCUT2D eigenvalue weighted by Crippen LogP contribution is -2.41. The lowest BCUT2D eigenvalue weighted by molar-refractivity contribution is -0.124. The molecule has 0 spiro atoms. The van der Waals surface area contributed by atoms with Gasteiger partial charge in [0.25, 0.3) is 10.0 Å². The average Bonchev–Trinajstić information content (AvgIpc) is 3.65. The van der Waals surface area contributed by atoms with Crippen molar-refractivity contribution in [1.82, 2.24) is 5.32 Å². The predicted octanol–water partition coefficient (Wildman–Crippen LogP) is 4.71. The van der Waals surface area contributed by atoms with E-state index in [0.717, 1.165) is 31.2 Å². The first kappa shape index (κ1) is 24.3. The van der Waals surface area contributed by atoms with Gasteiger partial charge >= 0.3 is 0 Å². The minimum atomic E-state index is -3.78. The van der Waals surface area contributed by atoms with Gasteiger partial charge < -0.3 is 10.6 Å². The zero-order valence-electron chi connectivity index (χ0n) is 19.6. The van der Waals surface area contributed by atoms with Gasteiger partial charge in [0.1, 0.15) is 0 Å². The molecule has 2 amide bonds. The van der Waals surface area contributed by atoms with Crippen molar-refractivity contribution in [1.29, 1.82) is 0 Å². The summed E-state index contributed by atoms with van der Waals surface area (Å²) in [5, 5.41) is 5.97. The van der Waals surface area contributed by atoms with Crippen LogP contribution in [0, 0.1) is 0 Å². The number of hydrogen-bond acceptors (Lipinski definition) is 4. The molecule has 0 unspecified atom stereocenters. The van der Waals surface area contributed by atoms with Crippen molar-refractivity contribution in [2.45, 2.75) is 81.1 Å². The summed E-state index contributed by atoms with van der Waals surface area (Å²) >= 11 is 0. The third kappa shape index (κ3) is 5.60. The van der Waals surface area contributed by atoms with Crippen LogP contribution in [0.2, 0.25) is 0 Å². The van der Waals surface area contributed by atoms with E-state index in [4.69, 9.17) is 0 Å². The van der Waals surface area contributed by atoms with Gasteiger partial charge in [0.05, 0.1) is 10.3 Å². The lowest BCUT2D eigenvalue weighted by Gasteiger charge is -2.22. The average molecular weight is 484 g/mol. The van der Waals surface area contributed by atoms with Crippen LogP contribution in [0.1, 0.15) is 70.3 Å². The normalized spacial score (nSPS) is 17.9. The van der Waals surface area contributed by atoms with Gasteiger partial charge in [-0.2, -0.15) is 0 Å². The van der Waals surface area contributed by atoms with Crippen LogP contribution in [0.3, 0.4) is 0 Å². The Bertz CT molecular complexity index is 1120. The van der Waals surface area contributed by atoms with Gasteiger partial charge in [-0.3, -0.25) is 14.3 Å². The monoisotopic (exact) mass is 483 g/mol. The van der Waals surface area contributed by atoms with Crippen molar-refractivity contribution in [3.05, 3.63) is 54.1 Å². The summed E-state index contributed by atoms with van der Waals surface area (Å²) in [7, 11) is -3.78. The maximum atomic E-state index is 13.1. The van der Waals surface area contributed by atoms with Gasteiger partial charge in [0, 0.05) is 23.8 Å². The van der Waals surface area contributed by atoms with Crippen LogP contribution in [0.5, 0.6) is 0 Å². The number of carbonyl (C=O) groups excluding carboxylic acids is 2. The first-order valence-corrected chi connectivity index (χ1v) is 13.6. The van der Waals surface area contributed by atoms with Gasteiger partial charge in [0.2, 0.25) is 11.8 Å². The molecule has 2 aliphatic carbocycles. The molecule has 0 bridgehead atoms. The smallest absolute Gasteiger partial charge is 0.261 e. The number of sulfonamides is 1. The summed E-state index contributed by atoms with van der Waals surface area (Å²) in [4.78, 5) is 24.7. The van der Waals surface area contributed by atoms with Crippen LogP contribution < -0.4 is 15.4 Å². The molecule has 0 saturated heterocycles. The largest absolute Gasteiger partial charge is 0.353 e. The molecule has 0 atom stereocenters. The first-order chi connectivity index (χ1) is 16.3. The van der Waals surface area contributed by atoms with Crippen LogP contribution in [0.4, 0.5) is 11.4 Å². The minimum absolute atomic E-state index is 0.1000. The van der Waals surface area contributed by atoms with E-state index in [9.17, 15) is 18.0 Å². The second-order valence-corrected chi connectivity index (χ2v) is 11.0. The molecule has 8 heteroatoms. The van der Waals surface area contributed by atoms with Crippen molar-refractivity contribution >= 4 is 33.2 Å². The van der Waals surface area contributed by atoms with E-state index >= 15 is 0 Å². The molecule has 2 aliphatic rings. The third-order valence-electron chi connectivity index (χ3n) is 6.83. The van der Waals surface area contributed by atoms with Crippen LogP contribution in [-0.2, 0) is 25.0 Å². The number of hydrogen-bond donors (Lipinski definition) is 3. The van der Waals surface area contributed by atoms with Gasteiger partial charge in [-0.05, 0) is 67.6 Å². The Morgan fingerprint density at radius 3 is 2.03 bits per heavy atom. The molecule has 2 fully saturated rings. The molecular weight excluding hydrogens is 450 g/mol. The summed E-state index contributed by atoms with van der Waals surface area (Å²) in [6.45, 7) is 1.75. The maximum Gasteiger partial charge on any atom is 0.261 e. The quantitative estimate of drug-likeness (QED) is 0.473. The first-order valence-electron chi connectivity index (χ1n) is 12.2. The fraction of sp³-hybridized carbons (Fsp3) is 0.462. The molecule has 0 aliphatic heterocycles. The number of rotatable bonds is 8. The summed E-state index contributed by atoms with van der Waals surface area (Å²) in [5.74, 6) is -0.0341. The maximum absolute atomic E-state index is 13.1. The van der Waals surface area contributed by atoms with E-state index in [0.29, 0.717) is 17.8 Å². The highest BCUT2D eigenvalue weighted by molar-refractivity contribution is 7.92. The van der Waals surface area contributed by atoms with E-state index in [1.807, 2.05) is 12.1 Å². The molecule has 2 saturated carbocycles. The molecule has 34 heavy (non-hydrogen) atoms. The summed E-state index contributed by atoms with van der Waals surface area (Å²) in [6.07, 6.45) is 8.91. The minimum Gasteiger partial charge on any atom is -0.353 e. The fourth-order valence-corrected chi connectivity index (χ4v) is 5.62. The standard InChI is InChI=1S/C26H33N3O4S/c1-2-24(30)27-21-13-15-23(16-14-21)34(32,33)29-22-11-9-19(10-12-22)26(17-18-26)25(31)28-20-7-5-3-4-6-8-20/h9-16,20,29H,2-8,17-18H2,1H3,(H,27,30)(H,28,31). The molecule has 7 nitrogen and oxygen atoms in total. The van der Waals surface area contributed by atoms with E-state index < -0.39 is 15.4 Å². The molecule has 0 heterocycles. The second-order valence-electron chi connectivity index (χ2n) is 9.35. The van der Waals surface area contributed by atoms with Gasteiger partial charge in [-0.25, -0.2) is 8.42 Å². The fourth-order valence-electron chi connectivity index (χ4n) is 4.56. The Morgan fingerprint density at radius 2 is 1.47 bits per heavy atom. The van der Waals surface area contributed by atoms with E-state index in [1.54, 1.807) is 31.2 Å². The van der Waals surface area contributed by atoms with Crippen LogP contribution in [0.15, 0.2) is 53.4 Å². The van der Waals surface area contributed by atoms with Gasteiger partial charge in [-0.1, -0.05) is 44.7 Å². The third-order valence-corrected chi connectivity index (χ3v) is 8.23. The Morgan fingerprint density at radius 1 is 0.882 bits per heavy atom. The van der Waals surface area contributed by atoms with Crippen molar-refractivity contribution < 1.29 is 18.0 Å². The van der Waals surface area contributed by atoms with Crippen molar-refractivity contribution in [3.8, 4) is 0 Å². The van der Waals surface area contributed by atoms with E-state index in [2.05, 4.69) is 15.4 Å². The topological polar surface area (TPSA) is 104 Å². The van der Waals surface area contributed by atoms with E-state index in [-0.39, 0.29) is 22.8 Å². The number of carbonyl (C=O) groups is 2. The Labute approximate surface area is 201 Å². The Balaban J connectivity index is 1.40. The zero-order valence-corrected chi connectivity index (χ0v) is 20.4. The van der Waals surface area contributed by atoms with Crippen LogP contribution in [-0.4, -0.2) is 26.3 Å². The molecule has 0 aromatic heterocycles. The number of nitrogens with one attached hydrogen (secondary N) is 3. The molecule has 3 N–H and O–H groups in total. The molecule has 182 valence electrons. The number of anilines is 2. The second kappa shape index (κ2) is 10.2. The summed E-state index contributed by atoms with van der Waals surface area (Å²) in [6, 6.07) is 13.4. The highest BCUT2D eigenvalue weighted by Gasteiger charge is 2.51. The highest BCUT2D eigenvalue weighted by atomic mass is 32.2. The molecule has 4 rings (SSSR count). The zero-order chi connectivity index (χ0) is 24.2. The van der Waals surface area contributed by atoms with Gasteiger partial charge in [0.15, 0.2) is 0 Å². The van der Waals surface area contributed by atoms with Crippen LogP contribution in [0.25, 0.3) is 0 Å². The lowest BCUT2D eigenvalue weighted by atomic mass is 9.94.